The molecule has 0 bridgehead atoms. The molecule has 7 aromatic carbocycles. The number of hydrogen-bond acceptors (Lipinski definition) is 2. The summed E-state index contributed by atoms with van der Waals surface area (Å²) in [6.07, 6.45) is 6.36. The van der Waals surface area contributed by atoms with Gasteiger partial charge in [-0.05, 0) is 86.7 Å². The number of hydrogen-bond donors (Lipinski definition) is 0. The smallest absolute Gasteiger partial charge is 0.160 e. The van der Waals surface area contributed by atoms with Crippen molar-refractivity contribution in [2.24, 2.45) is 0 Å². The van der Waals surface area contributed by atoms with Crippen molar-refractivity contribution in [1.29, 1.82) is 0 Å². The highest BCUT2D eigenvalue weighted by atomic mass is 14.9. The Hall–Kier alpha value is -6.38. The van der Waals surface area contributed by atoms with Gasteiger partial charge in [0.15, 0.2) is 5.82 Å². The zero-order valence-electron chi connectivity index (χ0n) is 30.3. The van der Waals surface area contributed by atoms with Gasteiger partial charge in [0.2, 0.25) is 0 Å². The molecule has 2 nitrogen and oxygen atoms in total. The lowest BCUT2D eigenvalue weighted by Crippen LogP contribution is -2.27. The van der Waals surface area contributed by atoms with Crippen LogP contribution in [0.4, 0.5) is 0 Å². The van der Waals surface area contributed by atoms with Crippen LogP contribution in [-0.2, 0) is 5.41 Å². The summed E-state index contributed by atoms with van der Waals surface area (Å²) in [7, 11) is 0. The van der Waals surface area contributed by atoms with E-state index in [9.17, 15) is 0 Å². The first-order valence-electron chi connectivity index (χ1n) is 19.3. The Bertz CT molecular complexity index is 2620. The molecule has 8 aromatic rings. The van der Waals surface area contributed by atoms with Crippen LogP contribution >= 0.6 is 0 Å². The van der Waals surface area contributed by atoms with E-state index in [0.29, 0.717) is 5.82 Å². The molecule has 54 heavy (non-hydrogen) atoms. The van der Waals surface area contributed by atoms with Gasteiger partial charge >= 0.3 is 0 Å². The van der Waals surface area contributed by atoms with E-state index in [2.05, 4.69) is 182 Å². The third-order valence-corrected chi connectivity index (χ3v) is 11.7. The standard InChI is InChI=1S/C52H40N2/c1-5-17-36(18-6-1)42-30-29-41(34-45(42)37-19-7-2-8-20-37)51-53-48(38-21-9-3-10-22-38)35-49(54-51)40-24-15-23-39(33-40)43-26-16-28-47-50(43)44-25-11-12-27-46(44)52(47)31-13-4-14-32-52/h1-3,5-12,15-30,33-35H,4,13-14,31-32H2. The van der Waals surface area contributed by atoms with Gasteiger partial charge < -0.3 is 0 Å². The normalized spacial score (nSPS) is 14.1. The molecule has 2 aliphatic carbocycles. The lowest BCUT2D eigenvalue weighted by atomic mass is 9.68. The average Bonchev–Trinajstić information content (AvgIpc) is 3.53. The molecule has 1 spiro atoms. The topological polar surface area (TPSA) is 25.8 Å². The van der Waals surface area contributed by atoms with Crippen LogP contribution in [0.5, 0.6) is 0 Å². The highest BCUT2D eigenvalue weighted by Crippen LogP contribution is 2.57. The molecule has 0 saturated heterocycles. The summed E-state index contributed by atoms with van der Waals surface area (Å²) in [5.41, 5.74) is 18.1. The van der Waals surface area contributed by atoms with E-state index >= 15 is 0 Å². The predicted molar refractivity (Wildman–Crippen MR) is 224 cm³/mol. The first kappa shape index (κ1) is 32.3. The van der Waals surface area contributed by atoms with Crippen LogP contribution in [-0.4, -0.2) is 9.97 Å². The predicted octanol–water partition coefficient (Wildman–Crippen LogP) is 13.7. The highest BCUT2D eigenvalue weighted by Gasteiger charge is 2.44. The number of fused-ring (bicyclic) bond motifs is 5. The van der Waals surface area contributed by atoms with E-state index < -0.39 is 0 Å². The average molecular weight is 693 g/mol. The minimum Gasteiger partial charge on any atom is -0.228 e. The van der Waals surface area contributed by atoms with Gasteiger partial charge in [0.05, 0.1) is 11.4 Å². The molecule has 10 rings (SSSR count). The Morgan fingerprint density at radius 1 is 0.333 bits per heavy atom. The second kappa shape index (κ2) is 13.5. The Balaban J connectivity index is 1.12. The van der Waals surface area contributed by atoms with Crippen LogP contribution in [0.1, 0.15) is 43.2 Å². The van der Waals surface area contributed by atoms with Gasteiger partial charge in [-0.25, -0.2) is 9.97 Å². The van der Waals surface area contributed by atoms with Gasteiger partial charge in [0.25, 0.3) is 0 Å². The van der Waals surface area contributed by atoms with Gasteiger partial charge in [-0.2, -0.15) is 0 Å². The van der Waals surface area contributed by atoms with Crippen molar-refractivity contribution >= 4 is 0 Å². The largest absolute Gasteiger partial charge is 0.228 e. The van der Waals surface area contributed by atoms with Crippen molar-refractivity contribution < 1.29 is 0 Å². The van der Waals surface area contributed by atoms with E-state index in [1.165, 1.54) is 76.6 Å². The third-order valence-electron chi connectivity index (χ3n) is 11.7. The Morgan fingerprint density at radius 3 is 1.63 bits per heavy atom. The summed E-state index contributed by atoms with van der Waals surface area (Å²) < 4.78 is 0. The Morgan fingerprint density at radius 2 is 0.889 bits per heavy atom. The van der Waals surface area contributed by atoms with Crippen LogP contribution in [0.3, 0.4) is 0 Å². The van der Waals surface area contributed by atoms with Gasteiger partial charge in [-0.3, -0.25) is 0 Å². The monoisotopic (exact) mass is 692 g/mol. The lowest BCUT2D eigenvalue weighted by molar-refractivity contribution is 0.353. The van der Waals surface area contributed by atoms with Gasteiger partial charge in [-0.15, -0.1) is 0 Å². The second-order valence-electron chi connectivity index (χ2n) is 14.8. The summed E-state index contributed by atoms with van der Waals surface area (Å²) in [5, 5.41) is 0. The zero-order chi connectivity index (χ0) is 35.9. The van der Waals surface area contributed by atoms with Crippen LogP contribution in [0, 0.1) is 0 Å². The molecule has 0 N–H and O–H groups in total. The minimum absolute atomic E-state index is 0.124. The Kier molecular flexibility index (Phi) is 8.10. The fourth-order valence-electron chi connectivity index (χ4n) is 9.18. The van der Waals surface area contributed by atoms with Crippen molar-refractivity contribution in [3.8, 4) is 78.4 Å². The van der Waals surface area contributed by atoms with Crippen molar-refractivity contribution in [2.75, 3.05) is 0 Å². The van der Waals surface area contributed by atoms with E-state index in [1.807, 2.05) is 0 Å². The maximum absolute atomic E-state index is 5.34. The highest BCUT2D eigenvalue weighted by molar-refractivity contribution is 5.94. The molecule has 1 heterocycles. The van der Waals surface area contributed by atoms with Gasteiger partial charge in [-0.1, -0.05) is 183 Å². The molecule has 0 aliphatic heterocycles. The number of rotatable bonds is 6. The fraction of sp³-hybridized carbons (Fsp3) is 0.115. The van der Waals surface area contributed by atoms with Crippen molar-refractivity contribution in [1.82, 2.24) is 9.97 Å². The summed E-state index contributed by atoms with van der Waals surface area (Å²) in [6.45, 7) is 0. The van der Waals surface area contributed by atoms with Gasteiger partial charge in [0.1, 0.15) is 0 Å². The molecule has 0 radical (unpaired) electrons. The van der Waals surface area contributed by atoms with Crippen LogP contribution < -0.4 is 0 Å². The lowest BCUT2D eigenvalue weighted by Gasteiger charge is -2.36. The number of nitrogens with zero attached hydrogens (tertiary/aromatic N) is 2. The molecule has 0 unspecified atom stereocenters. The SMILES string of the molecule is c1ccc(-c2cc(-c3cccc(-c4cccc5c4-c4ccccc4C54CCCCC4)c3)nc(-c3ccc(-c4ccccc4)c(-c4ccccc4)c3)n2)cc1. The first-order valence-corrected chi connectivity index (χ1v) is 19.3. The quantitative estimate of drug-likeness (QED) is 0.173. The second-order valence-corrected chi connectivity index (χ2v) is 14.8. The van der Waals surface area contributed by atoms with Crippen molar-refractivity contribution in [3.63, 3.8) is 0 Å². The van der Waals surface area contributed by atoms with Crippen LogP contribution in [0.2, 0.25) is 0 Å². The van der Waals surface area contributed by atoms with E-state index in [0.717, 1.165) is 39.2 Å². The number of benzene rings is 7. The first-order chi connectivity index (χ1) is 26.7. The number of aromatic nitrogens is 2. The van der Waals surface area contributed by atoms with Gasteiger partial charge in [0, 0.05) is 22.1 Å². The third kappa shape index (κ3) is 5.58. The van der Waals surface area contributed by atoms with Crippen LogP contribution in [0.15, 0.2) is 182 Å². The van der Waals surface area contributed by atoms with E-state index in [1.54, 1.807) is 0 Å². The molecule has 0 atom stereocenters. The van der Waals surface area contributed by atoms with Crippen molar-refractivity contribution in [2.45, 2.75) is 37.5 Å². The van der Waals surface area contributed by atoms with Crippen molar-refractivity contribution in [3.05, 3.63) is 193 Å². The molecular formula is C52H40N2. The molecule has 1 aromatic heterocycles. The minimum atomic E-state index is 0.124. The molecular weight excluding hydrogens is 653 g/mol. The molecule has 2 heteroatoms. The molecule has 1 saturated carbocycles. The Labute approximate surface area is 317 Å². The molecule has 2 aliphatic rings. The van der Waals surface area contributed by atoms with E-state index in [-0.39, 0.29) is 5.41 Å². The van der Waals surface area contributed by atoms with E-state index in [4.69, 9.17) is 9.97 Å². The zero-order valence-corrected chi connectivity index (χ0v) is 30.3. The molecule has 1 fully saturated rings. The fourth-order valence-corrected chi connectivity index (χ4v) is 9.18. The summed E-state index contributed by atoms with van der Waals surface area (Å²) in [5.74, 6) is 0.710. The molecule has 0 amide bonds. The summed E-state index contributed by atoms with van der Waals surface area (Å²) in [4.78, 5) is 10.6. The van der Waals surface area contributed by atoms with Crippen LogP contribution in [0.25, 0.3) is 78.4 Å². The maximum atomic E-state index is 5.34. The summed E-state index contributed by atoms with van der Waals surface area (Å²) in [6, 6.07) is 65.7. The molecule has 258 valence electrons. The maximum Gasteiger partial charge on any atom is 0.160 e. The summed E-state index contributed by atoms with van der Waals surface area (Å²) >= 11 is 0.